The molecule has 1 amide bonds. The highest BCUT2D eigenvalue weighted by atomic mass is 19.1. The summed E-state index contributed by atoms with van der Waals surface area (Å²) < 4.78 is 15.3. The Balaban J connectivity index is 1.30. The number of likely N-dealkylation sites (N-methyl/N-ethyl adjacent to an activating group) is 1. The number of nitrogens with zero attached hydrogens (tertiary/aromatic N) is 7. The molecule has 0 spiro atoms. The molecule has 3 aromatic rings. The first kappa shape index (κ1) is 17.8. The highest BCUT2D eigenvalue weighted by Gasteiger charge is 2.33. The predicted octanol–water partition coefficient (Wildman–Crippen LogP) is 1.96. The Morgan fingerprint density at radius 3 is 2.72 bits per heavy atom. The quantitative estimate of drug-likeness (QED) is 0.661. The van der Waals surface area contributed by atoms with Gasteiger partial charge in [-0.05, 0) is 43.2 Å². The van der Waals surface area contributed by atoms with Gasteiger partial charge in [0.1, 0.15) is 18.0 Å². The van der Waals surface area contributed by atoms with E-state index < -0.39 is 0 Å². The SMILES string of the molecule is CN1CCN(C(=O)C2CCN(c3ccc4nncn4n3)CC2)c2ccc(F)cc21. The molecule has 8 nitrogen and oxygen atoms in total. The maximum Gasteiger partial charge on any atom is 0.230 e. The average molecular weight is 395 g/mol. The van der Waals surface area contributed by atoms with Crippen LogP contribution in [0.25, 0.3) is 5.65 Å². The van der Waals surface area contributed by atoms with Crippen LogP contribution in [0.1, 0.15) is 12.8 Å². The summed E-state index contributed by atoms with van der Waals surface area (Å²) >= 11 is 0. The van der Waals surface area contributed by atoms with Crippen LogP contribution in [-0.2, 0) is 4.79 Å². The van der Waals surface area contributed by atoms with E-state index in [2.05, 4.69) is 20.2 Å². The maximum atomic E-state index is 13.7. The minimum Gasteiger partial charge on any atom is -0.371 e. The van der Waals surface area contributed by atoms with Gasteiger partial charge in [0.15, 0.2) is 5.65 Å². The van der Waals surface area contributed by atoms with E-state index >= 15 is 0 Å². The Labute approximate surface area is 167 Å². The Hall–Kier alpha value is -3.23. The Bertz CT molecular complexity index is 1060. The van der Waals surface area contributed by atoms with E-state index in [1.165, 1.54) is 12.1 Å². The lowest BCUT2D eigenvalue weighted by Gasteiger charge is -2.39. The summed E-state index contributed by atoms with van der Waals surface area (Å²) in [6.07, 6.45) is 3.12. The van der Waals surface area contributed by atoms with Crippen LogP contribution in [0.3, 0.4) is 0 Å². The van der Waals surface area contributed by atoms with Gasteiger partial charge in [0, 0.05) is 39.1 Å². The van der Waals surface area contributed by atoms with Crippen LogP contribution in [0.5, 0.6) is 0 Å². The first-order valence-corrected chi connectivity index (χ1v) is 9.84. The Kier molecular flexibility index (Phi) is 4.30. The van der Waals surface area contributed by atoms with Crippen molar-refractivity contribution >= 4 is 28.7 Å². The van der Waals surface area contributed by atoms with Gasteiger partial charge >= 0.3 is 0 Å². The summed E-state index contributed by atoms with van der Waals surface area (Å²) in [5.74, 6) is 0.679. The molecule has 0 saturated carbocycles. The normalized spacial score (nSPS) is 17.7. The zero-order valence-electron chi connectivity index (χ0n) is 16.2. The van der Waals surface area contributed by atoms with Crippen molar-refractivity contribution in [2.45, 2.75) is 12.8 Å². The second-order valence-electron chi connectivity index (χ2n) is 7.63. The first-order valence-electron chi connectivity index (χ1n) is 9.84. The lowest BCUT2D eigenvalue weighted by Crippen LogP contribution is -2.47. The van der Waals surface area contributed by atoms with Crippen molar-refractivity contribution in [1.29, 1.82) is 0 Å². The number of piperidine rings is 1. The summed E-state index contributed by atoms with van der Waals surface area (Å²) in [4.78, 5) is 19.3. The average Bonchev–Trinajstić information content (AvgIpc) is 3.22. The molecule has 5 rings (SSSR count). The van der Waals surface area contributed by atoms with Crippen LogP contribution in [0.15, 0.2) is 36.7 Å². The van der Waals surface area contributed by atoms with Crippen molar-refractivity contribution in [2.75, 3.05) is 47.9 Å². The highest BCUT2D eigenvalue weighted by Crippen LogP contribution is 2.35. The molecule has 150 valence electrons. The molecule has 9 heteroatoms. The fourth-order valence-corrected chi connectivity index (χ4v) is 4.21. The van der Waals surface area contributed by atoms with Crippen LogP contribution in [-0.4, -0.2) is 58.9 Å². The minimum atomic E-state index is -0.282. The molecule has 4 heterocycles. The number of carbonyl (C=O) groups excluding carboxylic acids is 1. The van der Waals surface area contributed by atoms with Crippen LogP contribution < -0.4 is 14.7 Å². The number of halogens is 1. The standard InChI is InChI=1S/C20H22FN7O/c1-25-10-11-27(16-3-2-15(21)12-17(16)25)20(29)14-6-8-26(9-7-14)19-5-4-18-23-22-13-28(18)24-19/h2-5,12-14H,6-11H2,1H3. The summed E-state index contributed by atoms with van der Waals surface area (Å²) in [7, 11) is 1.93. The van der Waals surface area contributed by atoms with Crippen LogP contribution in [0, 0.1) is 11.7 Å². The number of aromatic nitrogens is 4. The number of fused-ring (bicyclic) bond motifs is 2. The summed E-state index contributed by atoms with van der Waals surface area (Å²) in [5, 5.41) is 12.4. The molecule has 0 aliphatic carbocycles. The van der Waals surface area contributed by atoms with Crippen molar-refractivity contribution in [3.8, 4) is 0 Å². The Morgan fingerprint density at radius 1 is 1.07 bits per heavy atom. The smallest absolute Gasteiger partial charge is 0.230 e. The Morgan fingerprint density at radius 2 is 1.90 bits per heavy atom. The topological polar surface area (TPSA) is 69.9 Å². The van der Waals surface area contributed by atoms with Gasteiger partial charge in [0.2, 0.25) is 5.91 Å². The van der Waals surface area contributed by atoms with Crippen molar-refractivity contribution in [1.82, 2.24) is 19.8 Å². The van der Waals surface area contributed by atoms with E-state index in [0.29, 0.717) is 18.7 Å². The third-order valence-corrected chi connectivity index (χ3v) is 5.88. The largest absolute Gasteiger partial charge is 0.371 e. The zero-order chi connectivity index (χ0) is 20.0. The van der Waals surface area contributed by atoms with Crippen LogP contribution in [0.4, 0.5) is 21.6 Å². The van der Waals surface area contributed by atoms with Gasteiger partial charge in [-0.2, -0.15) is 4.52 Å². The van der Waals surface area contributed by atoms with Gasteiger partial charge in [0.25, 0.3) is 0 Å². The zero-order valence-corrected chi connectivity index (χ0v) is 16.2. The number of hydrogen-bond donors (Lipinski definition) is 0. The summed E-state index contributed by atoms with van der Waals surface area (Å²) in [6.45, 7) is 2.85. The summed E-state index contributed by atoms with van der Waals surface area (Å²) in [5.41, 5.74) is 2.28. The molecule has 0 unspecified atom stereocenters. The number of amides is 1. The first-order chi connectivity index (χ1) is 14.1. The molecular formula is C20H22FN7O. The minimum absolute atomic E-state index is 0.0359. The van der Waals surface area contributed by atoms with E-state index in [9.17, 15) is 9.18 Å². The molecule has 1 fully saturated rings. The molecule has 0 atom stereocenters. The third-order valence-electron chi connectivity index (χ3n) is 5.88. The monoisotopic (exact) mass is 395 g/mol. The lowest BCUT2D eigenvalue weighted by molar-refractivity contribution is -0.123. The third kappa shape index (κ3) is 3.16. The molecule has 1 saturated heterocycles. The van der Waals surface area contributed by atoms with Gasteiger partial charge in [-0.1, -0.05) is 0 Å². The molecule has 0 bridgehead atoms. The number of carbonyl (C=O) groups is 1. The number of anilines is 3. The summed E-state index contributed by atoms with van der Waals surface area (Å²) in [6, 6.07) is 8.48. The molecule has 2 aliphatic heterocycles. The molecule has 0 N–H and O–H groups in total. The molecule has 29 heavy (non-hydrogen) atoms. The van der Waals surface area contributed by atoms with Crippen LogP contribution >= 0.6 is 0 Å². The maximum absolute atomic E-state index is 13.7. The van der Waals surface area contributed by atoms with E-state index in [1.807, 2.05) is 29.0 Å². The number of benzene rings is 1. The van der Waals surface area contributed by atoms with Crippen LogP contribution in [0.2, 0.25) is 0 Å². The van der Waals surface area contributed by atoms with Gasteiger partial charge in [-0.3, -0.25) is 4.79 Å². The fraction of sp³-hybridized carbons (Fsp3) is 0.400. The van der Waals surface area contributed by atoms with Gasteiger partial charge in [-0.25, -0.2) is 4.39 Å². The van der Waals surface area contributed by atoms with Crippen molar-refractivity contribution in [3.63, 3.8) is 0 Å². The van der Waals surface area contributed by atoms with Crippen molar-refractivity contribution in [2.24, 2.45) is 5.92 Å². The molecule has 2 aliphatic rings. The molecular weight excluding hydrogens is 373 g/mol. The van der Waals surface area contributed by atoms with Gasteiger partial charge in [0.05, 0.1) is 11.4 Å². The predicted molar refractivity (Wildman–Crippen MR) is 108 cm³/mol. The second kappa shape index (κ2) is 6.98. The highest BCUT2D eigenvalue weighted by molar-refractivity contribution is 5.99. The molecule has 0 radical (unpaired) electrons. The number of rotatable bonds is 2. The lowest BCUT2D eigenvalue weighted by atomic mass is 9.94. The second-order valence-corrected chi connectivity index (χ2v) is 7.63. The fourth-order valence-electron chi connectivity index (χ4n) is 4.21. The van der Waals surface area contributed by atoms with E-state index in [0.717, 1.165) is 43.1 Å². The van der Waals surface area contributed by atoms with E-state index in [-0.39, 0.29) is 17.6 Å². The molecule has 1 aromatic carbocycles. The van der Waals surface area contributed by atoms with Gasteiger partial charge in [-0.15, -0.1) is 15.3 Å². The number of hydrogen-bond acceptors (Lipinski definition) is 6. The molecule has 2 aromatic heterocycles. The van der Waals surface area contributed by atoms with E-state index in [4.69, 9.17) is 0 Å². The van der Waals surface area contributed by atoms with Crippen molar-refractivity contribution in [3.05, 3.63) is 42.5 Å². The van der Waals surface area contributed by atoms with Gasteiger partial charge < -0.3 is 14.7 Å². The van der Waals surface area contributed by atoms with Crippen molar-refractivity contribution < 1.29 is 9.18 Å². The van der Waals surface area contributed by atoms with E-state index in [1.54, 1.807) is 16.9 Å².